The molecule has 5 heteroatoms. The number of hydrogen-bond acceptors (Lipinski definition) is 3. The van der Waals surface area contributed by atoms with Crippen molar-refractivity contribution < 1.29 is 9.53 Å². The first-order valence-electron chi connectivity index (χ1n) is 6.56. The van der Waals surface area contributed by atoms with Crippen molar-refractivity contribution in [2.45, 2.75) is 13.0 Å². The van der Waals surface area contributed by atoms with Crippen molar-refractivity contribution in [1.29, 1.82) is 0 Å². The van der Waals surface area contributed by atoms with Gasteiger partial charge < -0.3 is 15.4 Å². The average molecular weight is 305 g/mol. The van der Waals surface area contributed by atoms with Crippen LogP contribution in [0.15, 0.2) is 48.5 Å². The van der Waals surface area contributed by atoms with E-state index in [4.69, 9.17) is 16.3 Å². The summed E-state index contributed by atoms with van der Waals surface area (Å²) in [7, 11) is 1.60. The summed E-state index contributed by atoms with van der Waals surface area (Å²) in [6.45, 7) is 1.79. The largest absolute Gasteiger partial charge is 0.495 e. The second-order valence-electron chi connectivity index (χ2n) is 4.56. The number of amides is 1. The van der Waals surface area contributed by atoms with Gasteiger partial charge in [-0.3, -0.25) is 4.79 Å². The van der Waals surface area contributed by atoms with Crippen LogP contribution < -0.4 is 15.4 Å². The predicted molar refractivity (Wildman–Crippen MR) is 86.2 cm³/mol. The predicted octanol–water partition coefficient (Wildman–Crippen LogP) is 3.79. The highest BCUT2D eigenvalue weighted by atomic mass is 35.5. The lowest BCUT2D eigenvalue weighted by atomic mass is 10.2. The molecule has 2 aromatic carbocycles. The van der Waals surface area contributed by atoms with E-state index in [9.17, 15) is 4.79 Å². The van der Waals surface area contributed by atoms with Crippen LogP contribution in [0.25, 0.3) is 0 Å². The number of hydrogen-bond donors (Lipinski definition) is 2. The molecule has 21 heavy (non-hydrogen) atoms. The number of carbonyl (C=O) groups excluding carboxylic acids is 1. The topological polar surface area (TPSA) is 50.4 Å². The molecule has 0 unspecified atom stereocenters. The molecule has 0 heterocycles. The van der Waals surface area contributed by atoms with Gasteiger partial charge in [-0.15, -0.1) is 0 Å². The normalized spacial score (nSPS) is 11.6. The van der Waals surface area contributed by atoms with Crippen LogP contribution >= 0.6 is 11.6 Å². The SMILES string of the molecule is COc1ccccc1N[C@@H](C)C(=O)Nc1ccc(Cl)cc1. The van der Waals surface area contributed by atoms with Gasteiger partial charge in [0.2, 0.25) is 5.91 Å². The maximum absolute atomic E-state index is 12.2. The molecule has 0 aromatic heterocycles. The smallest absolute Gasteiger partial charge is 0.246 e. The Balaban J connectivity index is 2.01. The molecule has 0 bridgehead atoms. The summed E-state index contributed by atoms with van der Waals surface area (Å²) >= 11 is 5.81. The number of benzene rings is 2. The summed E-state index contributed by atoms with van der Waals surface area (Å²) in [4.78, 5) is 12.2. The van der Waals surface area contributed by atoms with Gasteiger partial charge in [-0.2, -0.15) is 0 Å². The van der Waals surface area contributed by atoms with Gasteiger partial charge in [0.05, 0.1) is 12.8 Å². The number of rotatable bonds is 5. The first kappa shape index (κ1) is 15.2. The van der Waals surface area contributed by atoms with Crippen molar-refractivity contribution in [2.24, 2.45) is 0 Å². The number of methoxy groups -OCH3 is 1. The van der Waals surface area contributed by atoms with Crippen molar-refractivity contribution >= 4 is 28.9 Å². The zero-order valence-corrected chi connectivity index (χ0v) is 12.6. The van der Waals surface area contributed by atoms with Crippen LogP contribution in [-0.2, 0) is 4.79 Å². The lowest BCUT2D eigenvalue weighted by Gasteiger charge is -2.17. The Morgan fingerprint density at radius 2 is 1.81 bits per heavy atom. The molecule has 2 N–H and O–H groups in total. The van der Waals surface area contributed by atoms with Crippen molar-refractivity contribution in [3.63, 3.8) is 0 Å². The second-order valence-corrected chi connectivity index (χ2v) is 5.00. The first-order chi connectivity index (χ1) is 10.1. The molecular weight excluding hydrogens is 288 g/mol. The molecule has 0 aliphatic carbocycles. The Kier molecular flexibility index (Phi) is 5.06. The number of para-hydroxylation sites is 2. The maximum atomic E-state index is 12.2. The molecule has 0 aliphatic heterocycles. The molecule has 1 atom stereocenters. The highest BCUT2D eigenvalue weighted by Gasteiger charge is 2.14. The summed E-state index contributed by atoms with van der Waals surface area (Å²) in [5.41, 5.74) is 1.48. The number of halogens is 1. The van der Waals surface area contributed by atoms with E-state index in [0.717, 1.165) is 5.69 Å². The monoisotopic (exact) mass is 304 g/mol. The van der Waals surface area contributed by atoms with Gasteiger partial charge in [0.25, 0.3) is 0 Å². The maximum Gasteiger partial charge on any atom is 0.246 e. The molecule has 0 aliphatic rings. The fourth-order valence-electron chi connectivity index (χ4n) is 1.85. The number of carbonyl (C=O) groups is 1. The van der Waals surface area contributed by atoms with Crippen molar-refractivity contribution in [3.05, 3.63) is 53.6 Å². The number of nitrogens with one attached hydrogen (secondary N) is 2. The Bertz CT molecular complexity index is 614. The quantitative estimate of drug-likeness (QED) is 0.883. The Hall–Kier alpha value is -2.20. The molecular formula is C16H17ClN2O2. The summed E-state index contributed by atoms with van der Waals surface area (Å²) in [5, 5.41) is 6.59. The zero-order chi connectivity index (χ0) is 15.2. The summed E-state index contributed by atoms with van der Waals surface area (Å²) in [6.07, 6.45) is 0. The summed E-state index contributed by atoms with van der Waals surface area (Å²) in [5.74, 6) is 0.562. The van der Waals surface area contributed by atoms with Gasteiger partial charge in [0.1, 0.15) is 11.8 Å². The summed E-state index contributed by atoms with van der Waals surface area (Å²) < 4.78 is 5.25. The Labute approximate surface area is 129 Å². The fraction of sp³-hybridized carbons (Fsp3) is 0.188. The van der Waals surface area contributed by atoms with Crippen LogP contribution in [0.5, 0.6) is 5.75 Å². The Morgan fingerprint density at radius 1 is 1.14 bits per heavy atom. The lowest BCUT2D eigenvalue weighted by molar-refractivity contribution is -0.116. The van der Waals surface area contributed by atoms with Crippen LogP contribution in [0.1, 0.15) is 6.92 Å². The lowest BCUT2D eigenvalue weighted by Crippen LogP contribution is -2.31. The van der Waals surface area contributed by atoms with Gasteiger partial charge in [-0.25, -0.2) is 0 Å². The number of anilines is 2. The van der Waals surface area contributed by atoms with Gasteiger partial charge in [-0.1, -0.05) is 23.7 Å². The highest BCUT2D eigenvalue weighted by molar-refractivity contribution is 6.30. The standard InChI is InChI=1S/C16H17ClN2O2/c1-11(18-14-5-3-4-6-15(14)21-2)16(20)19-13-9-7-12(17)8-10-13/h3-11,18H,1-2H3,(H,19,20)/t11-/m0/s1. The van der Waals surface area contributed by atoms with Crippen LogP contribution in [0.3, 0.4) is 0 Å². The molecule has 0 radical (unpaired) electrons. The third-order valence-electron chi connectivity index (χ3n) is 2.98. The molecule has 0 saturated carbocycles. The van der Waals surface area contributed by atoms with Gasteiger partial charge in [0, 0.05) is 10.7 Å². The van der Waals surface area contributed by atoms with E-state index in [1.165, 1.54) is 0 Å². The summed E-state index contributed by atoms with van der Waals surface area (Å²) in [6, 6.07) is 14.0. The highest BCUT2D eigenvalue weighted by Crippen LogP contribution is 2.24. The van der Waals surface area contributed by atoms with E-state index >= 15 is 0 Å². The average Bonchev–Trinajstić information content (AvgIpc) is 2.50. The zero-order valence-electron chi connectivity index (χ0n) is 11.9. The van der Waals surface area contributed by atoms with E-state index < -0.39 is 6.04 Å². The van der Waals surface area contributed by atoms with E-state index in [1.807, 2.05) is 24.3 Å². The van der Waals surface area contributed by atoms with E-state index in [0.29, 0.717) is 16.5 Å². The second kappa shape index (κ2) is 6.99. The van der Waals surface area contributed by atoms with E-state index in [1.54, 1.807) is 38.3 Å². The minimum Gasteiger partial charge on any atom is -0.495 e. The Morgan fingerprint density at radius 3 is 2.48 bits per heavy atom. The third-order valence-corrected chi connectivity index (χ3v) is 3.24. The van der Waals surface area contributed by atoms with Crippen LogP contribution in [0, 0.1) is 0 Å². The number of ether oxygens (including phenoxy) is 1. The third kappa shape index (κ3) is 4.13. The van der Waals surface area contributed by atoms with E-state index in [-0.39, 0.29) is 5.91 Å². The van der Waals surface area contributed by atoms with E-state index in [2.05, 4.69) is 10.6 Å². The van der Waals surface area contributed by atoms with Crippen molar-refractivity contribution in [1.82, 2.24) is 0 Å². The van der Waals surface area contributed by atoms with Crippen molar-refractivity contribution in [3.8, 4) is 5.75 Å². The first-order valence-corrected chi connectivity index (χ1v) is 6.94. The van der Waals surface area contributed by atoms with Gasteiger partial charge >= 0.3 is 0 Å². The van der Waals surface area contributed by atoms with Gasteiger partial charge in [-0.05, 0) is 43.3 Å². The minimum absolute atomic E-state index is 0.136. The molecule has 0 saturated heterocycles. The van der Waals surface area contributed by atoms with Gasteiger partial charge in [0.15, 0.2) is 0 Å². The van der Waals surface area contributed by atoms with Crippen LogP contribution in [0.2, 0.25) is 5.02 Å². The van der Waals surface area contributed by atoms with Crippen LogP contribution in [0.4, 0.5) is 11.4 Å². The molecule has 4 nitrogen and oxygen atoms in total. The fourth-order valence-corrected chi connectivity index (χ4v) is 1.97. The molecule has 0 spiro atoms. The molecule has 110 valence electrons. The van der Waals surface area contributed by atoms with Crippen molar-refractivity contribution in [2.75, 3.05) is 17.7 Å². The molecule has 2 rings (SSSR count). The molecule has 1 amide bonds. The van der Waals surface area contributed by atoms with Crippen LogP contribution in [-0.4, -0.2) is 19.1 Å². The minimum atomic E-state index is -0.406. The molecule has 0 fully saturated rings. The molecule has 2 aromatic rings.